The lowest BCUT2D eigenvalue weighted by Crippen LogP contribution is -2.45. The second-order valence-corrected chi connectivity index (χ2v) is 12.0. The Bertz CT molecular complexity index is 1390. The number of methoxy groups -OCH3 is 1. The number of likely N-dealkylation sites (tertiary alicyclic amines) is 1. The molecule has 44 heavy (non-hydrogen) atoms. The zero-order valence-corrected chi connectivity index (χ0v) is 25.7. The minimum atomic E-state index is -0.539. The topological polar surface area (TPSA) is 89.1 Å². The number of hydroxylamine groups is 1. The summed E-state index contributed by atoms with van der Waals surface area (Å²) in [6.07, 6.45) is 0.233. The standard InChI is InChI=1S/C35H37N3O5S/c1-41-31-20-18-26(19-21-31)25-43-34(40)38-24-32(22-30(38)23-36-33(39)37-42-2)44-35(27-12-6-3-7-13-27,28-14-8-4-9-15-28)29-16-10-5-11-17-29/h3-21,30,32H,22-25H2,1-2H3,(H2,36,37,39)/t30-,32-/m0/s1. The van der Waals surface area contributed by atoms with Gasteiger partial charge < -0.3 is 19.7 Å². The van der Waals surface area contributed by atoms with Crippen molar-refractivity contribution in [2.75, 3.05) is 27.3 Å². The minimum absolute atomic E-state index is 0.0291. The van der Waals surface area contributed by atoms with E-state index in [2.05, 4.69) is 83.6 Å². The Morgan fingerprint density at radius 1 is 0.818 bits per heavy atom. The summed E-state index contributed by atoms with van der Waals surface area (Å²) < 4.78 is 10.5. The van der Waals surface area contributed by atoms with Crippen LogP contribution in [0.4, 0.5) is 9.59 Å². The molecule has 0 aromatic heterocycles. The molecule has 2 N–H and O–H groups in total. The number of carbonyl (C=O) groups is 2. The maximum atomic E-state index is 13.6. The summed E-state index contributed by atoms with van der Waals surface area (Å²) >= 11 is 1.83. The monoisotopic (exact) mass is 611 g/mol. The molecule has 1 saturated heterocycles. The van der Waals surface area contributed by atoms with Crippen molar-refractivity contribution in [2.45, 2.75) is 29.1 Å². The second-order valence-electron chi connectivity index (χ2n) is 10.5. The summed E-state index contributed by atoms with van der Waals surface area (Å²) in [5, 5.41) is 2.86. The summed E-state index contributed by atoms with van der Waals surface area (Å²) in [7, 11) is 2.99. The summed E-state index contributed by atoms with van der Waals surface area (Å²) in [5.74, 6) is 0.735. The molecule has 0 saturated carbocycles. The summed E-state index contributed by atoms with van der Waals surface area (Å²) in [5.41, 5.74) is 6.59. The summed E-state index contributed by atoms with van der Waals surface area (Å²) in [6.45, 7) is 0.834. The maximum absolute atomic E-state index is 13.6. The average molecular weight is 612 g/mol. The molecule has 228 valence electrons. The van der Waals surface area contributed by atoms with Crippen molar-refractivity contribution in [2.24, 2.45) is 0 Å². The highest BCUT2D eigenvalue weighted by molar-refractivity contribution is 8.01. The molecule has 8 nitrogen and oxygen atoms in total. The van der Waals surface area contributed by atoms with Crippen LogP contribution in [0.3, 0.4) is 0 Å². The van der Waals surface area contributed by atoms with E-state index in [1.165, 1.54) is 7.11 Å². The molecular formula is C35H37N3O5S. The molecule has 0 unspecified atom stereocenters. The van der Waals surface area contributed by atoms with Crippen LogP contribution in [0.5, 0.6) is 5.75 Å². The molecule has 4 aromatic rings. The van der Waals surface area contributed by atoms with Crippen molar-refractivity contribution in [3.8, 4) is 5.75 Å². The van der Waals surface area contributed by atoms with Gasteiger partial charge in [0.25, 0.3) is 0 Å². The van der Waals surface area contributed by atoms with E-state index in [1.54, 1.807) is 12.0 Å². The number of amides is 3. The van der Waals surface area contributed by atoms with Crippen LogP contribution in [-0.4, -0.2) is 55.6 Å². The first-order valence-electron chi connectivity index (χ1n) is 14.5. The molecule has 4 aromatic carbocycles. The maximum Gasteiger partial charge on any atom is 0.410 e. The van der Waals surface area contributed by atoms with Gasteiger partial charge in [-0.3, -0.25) is 4.84 Å². The van der Waals surface area contributed by atoms with Crippen molar-refractivity contribution >= 4 is 23.9 Å². The molecule has 9 heteroatoms. The number of nitrogens with one attached hydrogen (secondary N) is 2. The third-order valence-corrected chi connectivity index (χ3v) is 9.44. The molecular weight excluding hydrogens is 574 g/mol. The molecule has 0 radical (unpaired) electrons. The first-order chi connectivity index (χ1) is 21.5. The number of nitrogens with zero attached hydrogens (tertiary/aromatic N) is 1. The molecule has 2 atom stereocenters. The molecule has 0 aliphatic carbocycles. The lowest BCUT2D eigenvalue weighted by atomic mass is 9.84. The predicted molar refractivity (Wildman–Crippen MR) is 172 cm³/mol. The zero-order chi connectivity index (χ0) is 30.8. The number of thioether (sulfide) groups is 1. The molecule has 1 aliphatic rings. The van der Waals surface area contributed by atoms with E-state index < -0.39 is 16.9 Å². The Morgan fingerprint density at radius 3 is 1.86 bits per heavy atom. The van der Waals surface area contributed by atoms with Gasteiger partial charge in [0.15, 0.2) is 0 Å². The fraction of sp³-hybridized carbons (Fsp3) is 0.257. The Kier molecular flexibility index (Phi) is 10.4. The normalized spacial score (nSPS) is 16.3. The average Bonchev–Trinajstić information content (AvgIpc) is 3.49. The molecule has 1 heterocycles. The van der Waals surface area contributed by atoms with Crippen molar-refractivity contribution in [1.82, 2.24) is 15.7 Å². The van der Waals surface area contributed by atoms with E-state index >= 15 is 0 Å². The van der Waals surface area contributed by atoms with Crippen LogP contribution in [-0.2, 0) is 20.9 Å². The fourth-order valence-electron chi connectivity index (χ4n) is 5.64. The van der Waals surface area contributed by atoms with Crippen LogP contribution in [0.15, 0.2) is 115 Å². The third-order valence-electron chi connectivity index (χ3n) is 7.71. The van der Waals surface area contributed by atoms with Crippen LogP contribution in [0.25, 0.3) is 0 Å². The van der Waals surface area contributed by atoms with Crippen LogP contribution in [0, 0.1) is 0 Å². The number of hydrogen-bond donors (Lipinski definition) is 2. The van der Waals surface area contributed by atoms with Crippen LogP contribution in [0.2, 0.25) is 0 Å². The number of carbonyl (C=O) groups excluding carboxylic acids is 2. The number of benzene rings is 4. The highest BCUT2D eigenvalue weighted by Gasteiger charge is 2.44. The van der Waals surface area contributed by atoms with Crippen molar-refractivity contribution in [3.05, 3.63) is 138 Å². The van der Waals surface area contributed by atoms with Crippen molar-refractivity contribution in [1.29, 1.82) is 0 Å². The largest absolute Gasteiger partial charge is 0.497 e. The highest BCUT2D eigenvalue weighted by atomic mass is 32.2. The number of ether oxygens (including phenoxy) is 2. The van der Waals surface area contributed by atoms with E-state index in [4.69, 9.17) is 14.3 Å². The Hall–Kier alpha value is -4.47. The van der Waals surface area contributed by atoms with Gasteiger partial charge in [-0.2, -0.15) is 0 Å². The molecule has 1 aliphatic heterocycles. The van der Waals surface area contributed by atoms with Gasteiger partial charge >= 0.3 is 12.1 Å². The predicted octanol–water partition coefficient (Wildman–Crippen LogP) is 6.36. The zero-order valence-electron chi connectivity index (χ0n) is 24.8. The molecule has 0 spiro atoms. The smallest absolute Gasteiger partial charge is 0.410 e. The fourth-order valence-corrected chi connectivity index (χ4v) is 7.51. The van der Waals surface area contributed by atoms with Crippen LogP contribution in [0.1, 0.15) is 28.7 Å². The summed E-state index contributed by atoms with van der Waals surface area (Å²) in [6, 6.07) is 38.1. The van der Waals surface area contributed by atoms with Gasteiger partial charge in [-0.25, -0.2) is 15.1 Å². The second kappa shape index (κ2) is 14.8. The Balaban J connectivity index is 1.44. The number of urea groups is 1. The Labute approximate surface area is 262 Å². The minimum Gasteiger partial charge on any atom is -0.497 e. The third kappa shape index (κ3) is 7.18. The lowest BCUT2D eigenvalue weighted by Gasteiger charge is -2.37. The molecule has 0 bridgehead atoms. The van der Waals surface area contributed by atoms with Crippen LogP contribution < -0.4 is 15.5 Å². The quantitative estimate of drug-likeness (QED) is 0.152. The van der Waals surface area contributed by atoms with E-state index in [0.717, 1.165) is 28.0 Å². The first kappa shape index (κ1) is 31.0. The van der Waals surface area contributed by atoms with Gasteiger partial charge in [0.1, 0.15) is 12.4 Å². The van der Waals surface area contributed by atoms with Gasteiger partial charge in [0, 0.05) is 18.3 Å². The lowest BCUT2D eigenvalue weighted by molar-refractivity contribution is 0.0896. The van der Waals surface area contributed by atoms with Gasteiger partial charge in [-0.1, -0.05) is 103 Å². The van der Waals surface area contributed by atoms with Gasteiger partial charge in [0.2, 0.25) is 0 Å². The van der Waals surface area contributed by atoms with Gasteiger partial charge in [-0.05, 0) is 40.8 Å². The SMILES string of the molecule is CONC(=O)NC[C@@H]1C[C@H](SC(c2ccccc2)(c2ccccc2)c2ccccc2)CN1C(=O)OCc1ccc(OC)cc1. The summed E-state index contributed by atoms with van der Waals surface area (Å²) in [4.78, 5) is 32.3. The molecule has 5 rings (SSSR count). The number of rotatable bonds is 11. The molecule has 1 fully saturated rings. The number of hydrogen-bond acceptors (Lipinski definition) is 6. The van der Waals surface area contributed by atoms with Gasteiger partial charge in [-0.15, -0.1) is 11.8 Å². The van der Waals surface area contributed by atoms with E-state index in [1.807, 2.05) is 54.2 Å². The first-order valence-corrected chi connectivity index (χ1v) is 15.4. The van der Waals surface area contributed by atoms with Crippen molar-refractivity contribution < 1.29 is 23.9 Å². The van der Waals surface area contributed by atoms with Gasteiger partial charge in [0.05, 0.1) is 25.0 Å². The Morgan fingerprint density at radius 2 is 1.36 bits per heavy atom. The van der Waals surface area contributed by atoms with E-state index in [9.17, 15) is 9.59 Å². The van der Waals surface area contributed by atoms with Crippen LogP contribution >= 0.6 is 11.8 Å². The van der Waals surface area contributed by atoms with Crippen molar-refractivity contribution in [3.63, 3.8) is 0 Å². The van der Waals surface area contributed by atoms with E-state index in [0.29, 0.717) is 13.0 Å². The molecule has 3 amide bonds. The van der Waals surface area contributed by atoms with E-state index in [-0.39, 0.29) is 24.4 Å². The highest BCUT2D eigenvalue weighted by Crippen LogP contribution is 2.52.